The second kappa shape index (κ2) is 7.25. The van der Waals surface area contributed by atoms with Crippen molar-refractivity contribution in [1.29, 1.82) is 0 Å². The van der Waals surface area contributed by atoms with Gasteiger partial charge in [-0.2, -0.15) is 0 Å². The fraction of sp³-hybridized carbons (Fsp3) is 1.00. The van der Waals surface area contributed by atoms with E-state index in [1.165, 1.54) is 25.7 Å². The van der Waals surface area contributed by atoms with E-state index < -0.39 is 0 Å². The van der Waals surface area contributed by atoms with Crippen molar-refractivity contribution in [3.63, 3.8) is 0 Å². The minimum absolute atomic E-state index is 0.357. The van der Waals surface area contributed by atoms with Crippen LogP contribution in [0.1, 0.15) is 46.5 Å². The molecule has 0 aromatic carbocycles. The second-order valence-corrected chi connectivity index (χ2v) is 4.78. The van der Waals surface area contributed by atoms with E-state index in [0.717, 1.165) is 26.3 Å². The third-order valence-electron chi connectivity index (χ3n) is 4.02. The summed E-state index contributed by atoms with van der Waals surface area (Å²) in [7, 11) is 0. The predicted octanol–water partition coefficient (Wildman–Crippen LogP) is 1.92. The summed E-state index contributed by atoms with van der Waals surface area (Å²) in [6, 6.07) is 0.546. The number of nitrogens with one attached hydrogen (secondary N) is 2. The summed E-state index contributed by atoms with van der Waals surface area (Å²) in [5.41, 5.74) is 0.357. The quantitative estimate of drug-likeness (QED) is 0.698. The largest absolute Gasteiger partial charge is 0.379 e. The zero-order valence-corrected chi connectivity index (χ0v) is 11.1. The normalized spacial score (nSPS) is 22.3. The van der Waals surface area contributed by atoms with Crippen molar-refractivity contribution in [2.24, 2.45) is 0 Å². The highest BCUT2D eigenvalue weighted by Gasteiger charge is 2.23. The number of hydrogen-bond acceptors (Lipinski definition) is 3. The highest BCUT2D eigenvalue weighted by molar-refractivity contribution is 4.84. The maximum absolute atomic E-state index is 5.45. The number of hydrogen-bond donors (Lipinski definition) is 2. The second-order valence-electron chi connectivity index (χ2n) is 4.78. The molecule has 1 heterocycles. The van der Waals surface area contributed by atoms with E-state index in [-0.39, 0.29) is 0 Å². The smallest absolute Gasteiger partial charge is 0.0620 e. The Bertz CT molecular complexity index is 167. The van der Waals surface area contributed by atoms with E-state index in [2.05, 4.69) is 31.4 Å². The zero-order chi connectivity index (χ0) is 11.9. The fourth-order valence-corrected chi connectivity index (χ4v) is 2.44. The Morgan fingerprint density at radius 2 is 1.94 bits per heavy atom. The van der Waals surface area contributed by atoms with Gasteiger partial charge in [0.15, 0.2) is 0 Å². The van der Waals surface area contributed by atoms with Gasteiger partial charge in [-0.1, -0.05) is 20.8 Å². The molecule has 0 aromatic heterocycles. The van der Waals surface area contributed by atoms with E-state index in [9.17, 15) is 0 Å². The molecule has 3 nitrogen and oxygen atoms in total. The SMILES string of the molecule is CCC(CC)(CC)NCCC1COCCN1. The summed E-state index contributed by atoms with van der Waals surface area (Å²) >= 11 is 0. The molecule has 2 N–H and O–H groups in total. The van der Waals surface area contributed by atoms with Gasteiger partial charge >= 0.3 is 0 Å². The molecule has 1 fully saturated rings. The van der Waals surface area contributed by atoms with Crippen LogP contribution in [-0.4, -0.2) is 37.9 Å². The van der Waals surface area contributed by atoms with Crippen LogP contribution in [0.2, 0.25) is 0 Å². The van der Waals surface area contributed by atoms with Crippen molar-refractivity contribution >= 4 is 0 Å². The van der Waals surface area contributed by atoms with Crippen LogP contribution in [0.25, 0.3) is 0 Å². The summed E-state index contributed by atoms with van der Waals surface area (Å²) in [5.74, 6) is 0. The maximum Gasteiger partial charge on any atom is 0.0620 e. The predicted molar refractivity (Wildman–Crippen MR) is 68.8 cm³/mol. The van der Waals surface area contributed by atoms with Gasteiger partial charge in [0.1, 0.15) is 0 Å². The lowest BCUT2D eigenvalue weighted by atomic mass is 9.89. The first-order chi connectivity index (χ1) is 7.76. The minimum atomic E-state index is 0.357. The third-order valence-corrected chi connectivity index (χ3v) is 4.02. The van der Waals surface area contributed by atoms with Gasteiger partial charge in [0.2, 0.25) is 0 Å². The highest BCUT2D eigenvalue weighted by Crippen LogP contribution is 2.19. The molecule has 0 radical (unpaired) electrons. The molecule has 1 rings (SSSR count). The molecule has 1 unspecified atom stereocenters. The summed E-state index contributed by atoms with van der Waals surface area (Å²) in [5, 5.41) is 7.23. The van der Waals surface area contributed by atoms with E-state index in [1.54, 1.807) is 0 Å². The monoisotopic (exact) mass is 228 g/mol. The lowest BCUT2D eigenvalue weighted by Crippen LogP contribution is -2.47. The molecule has 16 heavy (non-hydrogen) atoms. The van der Waals surface area contributed by atoms with Crippen molar-refractivity contribution in [2.45, 2.75) is 58.0 Å². The number of ether oxygens (including phenoxy) is 1. The van der Waals surface area contributed by atoms with Crippen LogP contribution in [0.5, 0.6) is 0 Å². The molecule has 1 saturated heterocycles. The van der Waals surface area contributed by atoms with Gasteiger partial charge in [0.05, 0.1) is 13.2 Å². The van der Waals surface area contributed by atoms with Crippen LogP contribution < -0.4 is 10.6 Å². The van der Waals surface area contributed by atoms with Gasteiger partial charge in [-0.15, -0.1) is 0 Å². The highest BCUT2D eigenvalue weighted by atomic mass is 16.5. The Morgan fingerprint density at radius 3 is 2.44 bits per heavy atom. The van der Waals surface area contributed by atoms with Gasteiger partial charge in [-0.05, 0) is 32.2 Å². The summed E-state index contributed by atoms with van der Waals surface area (Å²) in [6.45, 7) is 10.7. The lowest BCUT2D eigenvalue weighted by Gasteiger charge is -2.33. The Balaban J connectivity index is 2.21. The number of rotatable bonds is 7. The molecule has 0 bridgehead atoms. The van der Waals surface area contributed by atoms with Crippen molar-refractivity contribution < 1.29 is 4.74 Å². The van der Waals surface area contributed by atoms with Gasteiger partial charge in [-0.25, -0.2) is 0 Å². The van der Waals surface area contributed by atoms with Crippen molar-refractivity contribution in [1.82, 2.24) is 10.6 Å². The molecule has 96 valence electrons. The Kier molecular flexibility index (Phi) is 6.32. The molecule has 0 aromatic rings. The first-order valence-electron chi connectivity index (χ1n) is 6.82. The minimum Gasteiger partial charge on any atom is -0.379 e. The summed E-state index contributed by atoms with van der Waals surface area (Å²) in [4.78, 5) is 0. The molecular formula is C13H28N2O. The molecule has 0 spiro atoms. The summed E-state index contributed by atoms with van der Waals surface area (Å²) in [6.07, 6.45) is 4.82. The summed E-state index contributed by atoms with van der Waals surface area (Å²) < 4.78 is 5.45. The molecule has 0 aliphatic carbocycles. The lowest BCUT2D eigenvalue weighted by molar-refractivity contribution is 0.0732. The van der Waals surface area contributed by atoms with E-state index >= 15 is 0 Å². The van der Waals surface area contributed by atoms with Gasteiger partial charge < -0.3 is 15.4 Å². The molecule has 1 aliphatic rings. The van der Waals surface area contributed by atoms with Crippen LogP contribution in [0, 0.1) is 0 Å². The average Bonchev–Trinajstić information content (AvgIpc) is 2.37. The van der Waals surface area contributed by atoms with Crippen LogP contribution in [0.4, 0.5) is 0 Å². The molecule has 0 saturated carbocycles. The van der Waals surface area contributed by atoms with Crippen LogP contribution in [0.15, 0.2) is 0 Å². The Hall–Kier alpha value is -0.120. The van der Waals surface area contributed by atoms with Gasteiger partial charge in [0.25, 0.3) is 0 Å². The molecule has 0 amide bonds. The molecule has 1 aliphatic heterocycles. The van der Waals surface area contributed by atoms with Crippen molar-refractivity contribution in [3.8, 4) is 0 Å². The fourth-order valence-electron chi connectivity index (χ4n) is 2.44. The van der Waals surface area contributed by atoms with Crippen molar-refractivity contribution in [2.75, 3.05) is 26.3 Å². The Morgan fingerprint density at radius 1 is 1.25 bits per heavy atom. The van der Waals surface area contributed by atoms with E-state index in [0.29, 0.717) is 11.6 Å². The topological polar surface area (TPSA) is 33.3 Å². The number of morpholine rings is 1. The molecular weight excluding hydrogens is 200 g/mol. The zero-order valence-electron chi connectivity index (χ0n) is 11.1. The van der Waals surface area contributed by atoms with Gasteiger partial charge in [-0.3, -0.25) is 0 Å². The standard InChI is InChI=1S/C13H28N2O/c1-4-13(5-2,6-3)15-8-7-12-11-16-10-9-14-12/h12,14-15H,4-11H2,1-3H3. The van der Waals surface area contributed by atoms with E-state index in [4.69, 9.17) is 4.74 Å². The van der Waals surface area contributed by atoms with Crippen LogP contribution >= 0.6 is 0 Å². The average molecular weight is 228 g/mol. The Labute approximate surface area is 100 Å². The molecule has 3 heteroatoms. The van der Waals surface area contributed by atoms with Crippen molar-refractivity contribution in [3.05, 3.63) is 0 Å². The molecule has 1 atom stereocenters. The van der Waals surface area contributed by atoms with E-state index in [1.807, 2.05) is 0 Å². The maximum atomic E-state index is 5.45. The third kappa shape index (κ3) is 4.04. The first-order valence-corrected chi connectivity index (χ1v) is 6.82. The van der Waals surface area contributed by atoms with Crippen LogP contribution in [0.3, 0.4) is 0 Å². The first kappa shape index (κ1) is 13.9. The van der Waals surface area contributed by atoms with Gasteiger partial charge in [0, 0.05) is 18.1 Å². The van der Waals surface area contributed by atoms with Crippen LogP contribution in [-0.2, 0) is 4.74 Å².